The van der Waals surface area contributed by atoms with Crippen LogP contribution in [-0.4, -0.2) is 20.8 Å². The fourth-order valence-corrected chi connectivity index (χ4v) is 3.00. The van der Waals surface area contributed by atoms with Crippen LogP contribution in [0.2, 0.25) is 0 Å². The van der Waals surface area contributed by atoms with Crippen LogP contribution in [0.1, 0.15) is 27.2 Å². The lowest BCUT2D eigenvalue weighted by atomic mass is 10.1. The van der Waals surface area contributed by atoms with Gasteiger partial charge in [-0.25, -0.2) is 9.07 Å². The number of benzene rings is 3. The van der Waals surface area contributed by atoms with Crippen molar-refractivity contribution in [2.75, 3.05) is 0 Å². The molecule has 0 amide bonds. The summed E-state index contributed by atoms with van der Waals surface area (Å²) in [6, 6.07) is 23.1. The Morgan fingerprint density at radius 1 is 0.968 bits per heavy atom. The number of nitrogens with zero attached hydrogens (tertiary/aromatic N) is 3. The number of ketones is 1. The Hall–Kier alpha value is -4.06. The first-order chi connectivity index (χ1) is 15.2. The number of allylic oxidation sites excluding steroid dienone is 1. The van der Waals surface area contributed by atoms with Gasteiger partial charge in [-0.05, 0) is 48.0 Å². The first kappa shape index (κ1) is 20.2. The third kappa shape index (κ3) is 5.51. The van der Waals surface area contributed by atoms with Crippen LogP contribution < -0.4 is 4.74 Å². The van der Waals surface area contributed by atoms with E-state index >= 15 is 0 Å². The number of rotatable bonds is 8. The van der Waals surface area contributed by atoms with Gasteiger partial charge in [0.2, 0.25) is 0 Å². The van der Waals surface area contributed by atoms with Gasteiger partial charge in [0.15, 0.2) is 5.78 Å². The van der Waals surface area contributed by atoms with Crippen LogP contribution >= 0.6 is 0 Å². The van der Waals surface area contributed by atoms with Gasteiger partial charge in [0, 0.05) is 11.1 Å². The molecule has 0 radical (unpaired) electrons. The predicted molar refractivity (Wildman–Crippen MR) is 116 cm³/mol. The molecule has 0 saturated heterocycles. The molecule has 4 rings (SSSR count). The molecule has 0 bridgehead atoms. The standard InChI is InChI=1S/C25H20FN3O2/c26-24-9-5-4-8-20(24)12-15-25(30)21-10-13-23(14-11-21)31-18-22-17-29(28-27-22)16-19-6-2-1-3-7-19/h1-15,17H,16,18H2/b15-12+. The van der Waals surface area contributed by atoms with Crippen LogP contribution in [-0.2, 0) is 13.2 Å². The van der Waals surface area contributed by atoms with Gasteiger partial charge in [-0.15, -0.1) is 5.10 Å². The Morgan fingerprint density at radius 3 is 2.48 bits per heavy atom. The lowest BCUT2D eigenvalue weighted by Gasteiger charge is -2.04. The van der Waals surface area contributed by atoms with Gasteiger partial charge in [0.05, 0.1) is 12.7 Å². The van der Waals surface area contributed by atoms with E-state index < -0.39 is 0 Å². The minimum absolute atomic E-state index is 0.210. The van der Waals surface area contributed by atoms with Gasteiger partial charge >= 0.3 is 0 Å². The van der Waals surface area contributed by atoms with Crippen molar-refractivity contribution in [3.63, 3.8) is 0 Å². The molecule has 3 aromatic carbocycles. The van der Waals surface area contributed by atoms with E-state index in [4.69, 9.17) is 4.74 Å². The largest absolute Gasteiger partial charge is 0.487 e. The molecule has 154 valence electrons. The summed E-state index contributed by atoms with van der Waals surface area (Å²) in [7, 11) is 0. The van der Waals surface area contributed by atoms with E-state index in [0.29, 0.717) is 29.1 Å². The Balaban J connectivity index is 1.32. The Morgan fingerprint density at radius 2 is 1.71 bits per heavy atom. The molecule has 1 heterocycles. The van der Waals surface area contributed by atoms with Gasteiger partial charge in [0.1, 0.15) is 23.9 Å². The molecule has 0 aliphatic rings. The van der Waals surface area contributed by atoms with Crippen LogP contribution in [0.15, 0.2) is 91.1 Å². The minimum atomic E-state index is -0.365. The number of halogens is 1. The van der Waals surface area contributed by atoms with Crippen molar-refractivity contribution >= 4 is 11.9 Å². The van der Waals surface area contributed by atoms with Gasteiger partial charge in [0.25, 0.3) is 0 Å². The maximum atomic E-state index is 13.6. The average molecular weight is 413 g/mol. The van der Waals surface area contributed by atoms with Crippen LogP contribution in [0.5, 0.6) is 5.75 Å². The van der Waals surface area contributed by atoms with Crippen molar-refractivity contribution in [1.29, 1.82) is 0 Å². The third-order valence-electron chi connectivity index (χ3n) is 4.62. The Labute approximate surface area is 179 Å². The molecule has 0 saturated carbocycles. The summed E-state index contributed by atoms with van der Waals surface area (Å²) in [6.45, 7) is 0.917. The zero-order valence-corrected chi connectivity index (χ0v) is 16.7. The summed E-state index contributed by atoms with van der Waals surface area (Å²) >= 11 is 0. The van der Waals surface area contributed by atoms with Crippen molar-refractivity contribution in [2.45, 2.75) is 13.2 Å². The van der Waals surface area contributed by atoms with Crippen molar-refractivity contribution in [1.82, 2.24) is 15.0 Å². The monoisotopic (exact) mass is 413 g/mol. The number of carbonyl (C=O) groups excluding carboxylic acids is 1. The SMILES string of the molecule is O=C(/C=C/c1ccccc1F)c1ccc(OCc2cn(Cc3ccccc3)nn2)cc1. The van der Waals surface area contributed by atoms with E-state index in [9.17, 15) is 9.18 Å². The van der Waals surface area contributed by atoms with Crippen LogP contribution in [0.3, 0.4) is 0 Å². The lowest BCUT2D eigenvalue weighted by molar-refractivity contribution is 0.104. The van der Waals surface area contributed by atoms with E-state index in [2.05, 4.69) is 10.3 Å². The number of ether oxygens (including phenoxy) is 1. The topological polar surface area (TPSA) is 57.0 Å². The van der Waals surface area contributed by atoms with Crippen molar-refractivity contribution in [3.8, 4) is 5.75 Å². The highest BCUT2D eigenvalue weighted by Crippen LogP contribution is 2.15. The highest BCUT2D eigenvalue weighted by atomic mass is 19.1. The van der Waals surface area contributed by atoms with E-state index in [1.54, 1.807) is 47.1 Å². The lowest BCUT2D eigenvalue weighted by Crippen LogP contribution is -2.00. The van der Waals surface area contributed by atoms with E-state index in [0.717, 1.165) is 5.56 Å². The summed E-state index contributed by atoms with van der Waals surface area (Å²) < 4.78 is 21.1. The van der Waals surface area contributed by atoms with E-state index in [1.807, 2.05) is 36.5 Å². The number of carbonyl (C=O) groups is 1. The first-order valence-electron chi connectivity index (χ1n) is 9.80. The molecule has 6 heteroatoms. The molecule has 0 aliphatic carbocycles. The van der Waals surface area contributed by atoms with Crippen LogP contribution in [0.4, 0.5) is 4.39 Å². The molecule has 0 aliphatic heterocycles. The predicted octanol–water partition coefficient (Wildman–Crippen LogP) is 4.94. The second-order valence-corrected chi connectivity index (χ2v) is 6.93. The van der Waals surface area contributed by atoms with Crippen LogP contribution in [0.25, 0.3) is 6.08 Å². The van der Waals surface area contributed by atoms with E-state index in [-0.39, 0.29) is 18.2 Å². The molecule has 0 N–H and O–H groups in total. The van der Waals surface area contributed by atoms with Gasteiger partial charge in [-0.2, -0.15) is 0 Å². The zero-order chi connectivity index (χ0) is 21.5. The van der Waals surface area contributed by atoms with Crippen molar-refractivity contribution in [2.24, 2.45) is 0 Å². The molecule has 0 spiro atoms. The van der Waals surface area contributed by atoms with Crippen LogP contribution in [0, 0.1) is 5.82 Å². The second-order valence-electron chi connectivity index (χ2n) is 6.93. The summed E-state index contributed by atoms with van der Waals surface area (Å²) in [5, 5.41) is 8.25. The maximum Gasteiger partial charge on any atom is 0.185 e. The van der Waals surface area contributed by atoms with Crippen molar-refractivity contribution in [3.05, 3.63) is 119 Å². The van der Waals surface area contributed by atoms with Gasteiger partial charge in [-0.1, -0.05) is 53.7 Å². The number of aromatic nitrogens is 3. The Kier molecular flexibility index (Phi) is 6.28. The quantitative estimate of drug-likeness (QED) is 0.303. The molecule has 0 atom stereocenters. The minimum Gasteiger partial charge on any atom is -0.487 e. The second kappa shape index (κ2) is 9.63. The maximum absolute atomic E-state index is 13.6. The third-order valence-corrected chi connectivity index (χ3v) is 4.62. The fourth-order valence-electron chi connectivity index (χ4n) is 3.00. The molecule has 1 aromatic heterocycles. The average Bonchev–Trinajstić information content (AvgIpc) is 3.25. The highest BCUT2D eigenvalue weighted by Gasteiger charge is 2.06. The number of hydrogen-bond donors (Lipinski definition) is 0. The Bertz CT molecular complexity index is 1180. The molecule has 0 fully saturated rings. The smallest absolute Gasteiger partial charge is 0.185 e. The fraction of sp³-hybridized carbons (Fsp3) is 0.0800. The normalized spacial score (nSPS) is 11.0. The van der Waals surface area contributed by atoms with Gasteiger partial charge in [-0.3, -0.25) is 4.79 Å². The molecular weight excluding hydrogens is 393 g/mol. The summed E-state index contributed by atoms with van der Waals surface area (Å²) in [5.41, 5.74) is 2.72. The van der Waals surface area contributed by atoms with Gasteiger partial charge < -0.3 is 4.74 Å². The molecule has 0 unspecified atom stereocenters. The molecule has 5 nitrogen and oxygen atoms in total. The number of hydrogen-bond acceptors (Lipinski definition) is 4. The molecular formula is C25H20FN3O2. The summed E-state index contributed by atoms with van der Waals surface area (Å²) in [4.78, 5) is 12.3. The zero-order valence-electron chi connectivity index (χ0n) is 16.7. The molecule has 4 aromatic rings. The van der Waals surface area contributed by atoms with E-state index in [1.165, 1.54) is 18.2 Å². The molecule has 31 heavy (non-hydrogen) atoms. The summed E-state index contributed by atoms with van der Waals surface area (Å²) in [6.07, 6.45) is 4.68. The first-order valence-corrected chi connectivity index (χ1v) is 9.80. The highest BCUT2D eigenvalue weighted by molar-refractivity contribution is 6.06. The summed E-state index contributed by atoms with van der Waals surface area (Å²) in [5.74, 6) is 0.0434. The van der Waals surface area contributed by atoms with Crippen molar-refractivity contribution < 1.29 is 13.9 Å².